The SMILES string of the molecule is Cc1c(NC(=O)c2cc(C(N)=O)c3ccccc3n2)c(C(F)(F)F)nn1Cc1ccc(OC(F)(F)F)cc1. The summed E-state index contributed by atoms with van der Waals surface area (Å²) in [4.78, 5) is 29.0. The van der Waals surface area contributed by atoms with Crippen molar-refractivity contribution >= 4 is 28.4 Å². The number of aromatic nitrogens is 3. The summed E-state index contributed by atoms with van der Waals surface area (Å²) in [5.74, 6) is -2.40. The number of alkyl halides is 6. The Morgan fingerprint density at radius 2 is 1.68 bits per heavy atom. The molecule has 0 fully saturated rings. The van der Waals surface area contributed by atoms with E-state index < -0.39 is 41.5 Å². The third kappa shape index (κ3) is 5.68. The van der Waals surface area contributed by atoms with Crippen LogP contribution < -0.4 is 15.8 Å². The van der Waals surface area contributed by atoms with Crippen LogP contribution in [0.5, 0.6) is 5.75 Å². The molecule has 0 spiro atoms. The highest BCUT2D eigenvalue weighted by Gasteiger charge is 2.39. The van der Waals surface area contributed by atoms with E-state index in [4.69, 9.17) is 5.73 Å². The fraction of sp³-hybridized carbons (Fsp3) is 0.167. The molecule has 0 bridgehead atoms. The number of benzene rings is 2. The topological polar surface area (TPSA) is 112 Å². The van der Waals surface area contributed by atoms with Gasteiger partial charge >= 0.3 is 12.5 Å². The largest absolute Gasteiger partial charge is 0.573 e. The Hall–Kier alpha value is -4.62. The maximum Gasteiger partial charge on any atom is 0.573 e. The van der Waals surface area contributed by atoms with Crippen molar-refractivity contribution in [3.8, 4) is 5.75 Å². The number of anilines is 1. The number of fused-ring (bicyclic) bond motifs is 1. The van der Waals surface area contributed by atoms with Gasteiger partial charge in [0.1, 0.15) is 11.4 Å². The van der Waals surface area contributed by atoms with Gasteiger partial charge in [-0.05, 0) is 36.8 Å². The second kappa shape index (κ2) is 9.68. The maximum atomic E-state index is 13.8. The standard InChI is InChI=1S/C24H17F6N5O3/c1-12-19(33-22(37)18-10-16(21(31)36)15-4-2-3-5-17(15)32-18)20(23(25,26)27)34-35(12)11-13-6-8-14(9-7-13)38-24(28,29)30/h2-10H,11H2,1H3,(H2,31,36)(H,33,37). The highest BCUT2D eigenvalue weighted by atomic mass is 19.4. The lowest BCUT2D eigenvalue weighted by Gasteiger charge is -2.11. The van der Waals surface area contributed by atoms with Crippen LogP contribution in [0.2, 0.25) is 0 Å². The molecule has 0 radical (unpaired) electrons. The second-order valence-corrected chi connectivity index (χ2v) is 8.05. The molecule has 4 aromatic rings. The summed E-state index contributed by atoms with van der Waals surface area (Å²) >= 11 is 0. The molecule has 0 aliphatic rings. The Morgan fingerprint density at radius 1 is 1.03 bits per heavy atom. The van der Waals surface area contributed by atoms with E-state index in [-0.39, 0.29) is 29.0 Å². The van der Waals surface area contributed by atoms with Crippen LogP contribution in [0.25, 0.3) is 10.9 Å². The number of nitrogens with one attached hydrogen (secondary N) is 1. The molecule has 2 aromatic carbocycles. The molecule has 0 aliphatic carbocycles. The van der Waals surface area contributed by atoms with Crippen LogP contribution in [-0.2, 0) is 12.7 Å². The third-order valence-electron chi connectivity index (χ3n) is 5.42. The maximum absolute atomic E-state index is 13.8. The highest BCUT2D eigenvalue weighted by Crippen LogP contribution is 2.36. The van der Waals surface area contributed by atoms with Crippen molar-refractivity contribution in [2.75, 3.05) is 5.32 Å². The van der Waals surface area contributed by atoms with E-state index >= 15 is 0 Å². The molecule has 2 amide bonds. The number of hydrogen-bond acceptors (Lipinski definition) is 5. The van der Waals surface area contributed by atoms with Gasteiger partial charge in [0.2, 0.25) is 5.91 Å². The number of carbonyl (C=O) groups excluding carboxylic acids is 2. The van der Waals surface area contributed by atoms with Crippen molar-refractivity contribution < 1.29 is 40.7 Å². The molecule has 38 heavy (non-hydrogen) atoms. The Balaban J connectivity index is 1.66. The molecule has 0 unspecified atom stereocenters. The van der Waals surface area contributed by atoms with Gasteiger partial charge in [-0.2, -0.15) is 18.3 Å². The van der Waals surface area contributed by atoms with Gasteiger partial charge in [-0.3, -0.25) is 14.3 Å². The number of para-hydroxylation sites is 1. The predicted molar refractivity (Wildman–Crippen MR) is 122 cm³/mol. The minimum absolute atomic E-state index is 0.0397. The molecule has 4 rings (SSSR count). The first-order chi connectivity index (χ1) is 17.7. The molecule has 8 nitrogen and oxygen atoms in total. The van der Waals surface area contributed by atoms with Crippen molar-refractivity contribution in [3.63, 3.8) is 0 Å². The number of ether oxygens (including phenoxy) is 1. The van der Waals surface area contributed by atoms with Crippen molar-refractivity contribution in [1.82, 2.24) is 14.8 Å². The Bertz CT molecular complexity index is 1530. The van der Waals surface area contributed by atoms with Crippen LogP contribution in [-0.4, -0.2) is 32.9 Å². The number of nitrogens with two attached hydrogens (primary N) is 1. The minimum atomic E-state index is -4.96. The van der Waals surface area contributed by atoms with E-state index in [1.807, 2.05) is 0 Å². The first-order valence-electron chi connectivity index (χ1n) is 10.7. The van der Waals surface area contributed by atoms with Crippen LogP contribution in [0, 0.1) is 6.92 Å². The van der Waals surface area contributed by atoms with Gasteiger partial charge in [-0.15, -0.1) is 13.2 Å². The average molecular weight is 537 g/mol. The zero-order chi connectivity index (χ0) is 27.8. The third-order valence-corrected chi connectivity index (χ3v) is 5.42. The number of hydrogen-bond donors (Lipinski definition) is 2. The van der Waals surface area contributed by atoms with Crippen LogP contribution in [0.15, 0.2) is 54.6 Å². The summed E-state index contributed by atoms with van der Waals surface area (Å²) in [6.45, 7) is 1.03. The summed E-state index contributed by atoms with van der Waals surface area (Å²) < 4.78 is 83.2. The second-order valence-electron chi connectivity index (χ2n) is 8.05. The fourth-order valence-corrected chi connectivity index (χ4v) is 3.69. The first-order valence-corrected chi connectivity index (χ1v) is 10.7. The lowest BCUT2D eigenvalue weighted by molar-refractivity contribution is -0.274. The lowest BCUT2D eigenvalue weighted by Crippen LogP contribution is -2.19. The summed E-state index contributed by atoms with van der Waals surface area (Å²) in [6, 6.07) is 11.9. The van der Waals surface area contributed by atoms with E-state index in [2.05, 4.69) is 20.1 Å². The molecule has 0 saturated carbocycles. The Morgan fingerprint density at radius 3 is 2.29 bits per heavy atom. The lowest BCUT2D eigenvalue weighted by atomic mass is 10.1. The summed E-state index contributed by atoms with van der Waals surface area (Å²) in [7, 11) is 0. The van der Waals surface area contributed by atoms with Gasteiger partial charge < -0.3 is 15.8 Å². The van der Waals surface area contributed by atoms with Crippen molar-refractivity contribution in [2.24, 2.45) is 5.73 Å². The first kappa shape index (κ1) is 26.4. The molecule has 0 saturated heterocycles. The molecule has 2 heterocycles. The molecular weight excluding hydrogens is 520 g/mol. The van der Waals surface area contributed by atoms with Crippen LogP contribution in [0.3, 0.4) is 0 Å². The molecule has 198 valence electrons. The van der Waals surface area contributed by atoms with Crippen molar-refractivity contribution in [3.05, 3.63) is 82.8 Å². The van der Waals surface area contributed by atoms with E-state index in [1.54, 1.807) is 18.2 Å². The van der Waals surface area contributed by atoms with Crippen molar-refractivity contribution in [1.29, 1.82) is 0 Å². The van der Waals surface area contributed by atoms with Crippen LogP contribution in [0.4, 0.5) is 32.0 Å². The number of carbonyl (C=O) groups is 2. The number of nitrogens with zero attached hydrogens (tertiary/aromatic N) is 3. The van der Waals surface area contributed by atoms with E-state index in [9.17, 15) is 35.9 Å². The zero-order valence-electron chi connectivity index (χ0n) is 19.3. The van der Waals surface area contributed by atoms with Crippen LogP contribution in [0.1, 0.15) is 37.8 Å². The molecule has 0 atom stereocenters. The number of amides is 2. The normalized spacial score (nSPS) is 12.0. The number of rotatable bonds is 6. The minimum Gasteiger partial charge on any atom is -0.406 e. The van der Waals surface area contributed by atoms with Crippen molar-refractivity contribution in [2.45, 2.75) is 26.0 Å². The van der Waals surface area contributed by atoms with Gasteiger partial charge in [0.15, 0.2) is 5.69 Å². The molecule has 0 aliphatic heterocycles. The van der Waals surface area contributed by atoms with E-state index in [0.717, 1.165) is 22.9 Å². The molecular formula is C24H17F6N5O3. The van der Waals surface area contributed by atoms with Gasteiger partial charge in [-0.1, -0.05) is 30.3 Å². The van der Waals surface area contributed by atoms with Crippen LogP contribution >= 0.6 is 0 Å². The number of pyridine rings is 1. The summed E-state index contributed by atoms with van der Waals surface area (Å²) in [6.07, 6.45) is -9.86. The van der Waals surface area contributed by atoms with E-state index in [1.165, 1.54) is 25.1 Å². The average Bonchev–Trinajstić information content (AvgIpc) is 3.14. The molecule has 14 heteroatoms. The monoisotopic (exact) mass is 537 g/mol. The van der Waals surface area contributed by atoms with Gasteiger partial charge in [0.25, 0.3) is 5.91 Å². The Labute approximate surface area is 210 Å². The van der Waals surface area contributed by atoms with Gasteiger partial charge in [0.05, 0.1) is 29.0 Å². The Kier molecular flexibility index (Phi) is 6.74. The zero-order valence-corrected chi connectivity index (χ0v) is 19.3. The van der Waals surface area contributed by atoms with Gasteiger partial charge in [0, 0.05) is 5.39 Å². The smallest absolute Gasteiger partial charge is 0.406 e. The summed E-state index contributed by atoms with van der Waals surface area (Å²) in [5.41, 5.74) is 3.44. The summed E-state index contributed by atoms with van der Waals surface area (Å²) in [5, 5.41) is 6.11. The van der Waals surface area contributed by atoms with Gasteiger partial charge in [-0.25, -0.2) is 4.98 Å². The predicted octanol–water partition coefficient (Wildman–Crippen LogP) is 5.06. The highest BCUT2D eigenvalue weighted by molar-refractivity contribution is 6.10. The molecule has 3 N–H and O–H groups in total. The quantitative estimate of drug-likeness (QED) is 0.334. The number of halogens is 6. The van der Waals surface area contributed by atoms with E-state index in [0.29, 0.717) is 10.9 Å². The fourth-order valence-electron chi connectivity index (χ4n) is 3.69. The number of primary amides is 1. The molecule has 2 aromatic heterocycles.